The van der Waals surface area contributed by atoms with Crippen molar-refractivity contribution in [1.82, 2.24) is 0 Å². The van der Waals surface area contributed by atoms with Crippen molar-refractivity contribution in [2.24, 2.45) is 5.84 Å². The first-order chi connectivity index (χ1) is 9.10. The minimum Gasteiger partial charge on any atom is -0.323 e. The first-order valence-corrected chi connectivity index (χ1v) is 6.05. The van der Waals surface area contributed by atoms with Crippen LogP contribution in [0.25, 0.3) is 0 Å². The van der Waals surface area contributed by atoms with Crippen molar-refractivity contribution in [2.45, 2.75) is 13.8 Å². The van der Waals surface area contributed by atoms with E-state index in [1.165, 1.54) is 0 Å². The third kappa shape index (κ3) is 3.11. The lowest BCUT2D eigenvalue weighted by molar-refractivity contribution is 0.102. The third-order valence-corrected chi connectivity index (χ3v) is 2.85. The number of nitrogen functional groups attached to an aromatic ring is 1. The van der Waals surface area contributed by atoms with E-state index in [4.69, 9.17) is 5.84 Å². The quantitative estimate of drug-likeness (QED) is 0.583. The van der Waals surface area contributed by atoms with Crippen LogP contribution >= 0.6 is 0 Å². The minimum absolute atomic E-state index is 0.178. The second-order valence-electron chi connectivity index (χ2n) is 4.52. The van der Waals surface area contributed by atoms with Gasteiger partial charge in [-0.05, 0) is 43.7 Å². The Labute approximate surface area is 112 Å². The largest absolute Gasteiger partial charge is 0.323 e. The van der Waals surface area contributed by atoms with Gasteiger partial charge in [0.15, 0.2) is 0 Å². The molecular weight excluding hydrogens is 238 g/mol. The summed E-state index contributed by atoms with van der Waals surface area (Å²) in [6, 6.07) is 13.2. The molecule has 0 bridgehead atoms. The van der Waals surface area contributed by atoms with Crippen molar-refractivity contribution >= 4 is 17.3 Å². The lowest BCUT2D eigenvalue weighted by Crippen LogP contribution is -2.17. The molecule has 0 aliphatic heterocycles. The monoisotopic (exact) mass is 255 g/mol. The van der Waals surface area contributed by atoms with Gasteiger partial charge in [0.2, 0.25) is 0 Å². The number of hydrogen-bond acceptors (Lipinski definition) is 3. The fraction of sp³-hybridized carbons (Fsp3) is 0.133. The molecule has 0 aliphatic rings. The summed E-state index contributed by atoms with van der Waals surface area (Å²) >= 11 is 0. The Kier molecular flexibility index (Phi) is 3.82. The van der Waals surface area contributed by atoms with E-state index in [0.717, 1.165) is 16.8 Å². The number of rotatable bonds is 3. The van der Waals surface area contributed by atoms with Crippen LogP contribution in [0.3, 0.4) is 0 Å². The number of carbonyl (C=O) groups excluding carboxylic acids is 1. The van der Waals surface area contributed by atoms with Gasteiger partial charge in [0, 0.05) is 5.69 Å². The van der Waals surface area contributed by atoms with Crippen LogP contribution in [-0.2, 0) is 0 Å². The Morgan fingerprint density at radius 2 is 1.79 bits per heavy atom. The van der Waals surface area contributed by atoms with Crippen LogP contribution in [0.5, 0.6) is 0 Å². The SMILES string of the molecule is Cc1cccc(NC(=O)c2cc(C)ccc2NN)c1. The van der Waals surface area contributed by atoms with Crippen LogP contribution < -0.4 is 16.6 Å². The van der Waals surface area contributed by atoms with Gasteiger partial charge in [-0.2, -0.15) is 0 Å². The molecule has 4 heteroatoms. The summed E-state index contributed by atoms with van der Waals surface area (Å²) in [6.07, 6.45) is 0. The van der Waals surface area contributed by atoms with Gasteiger partial charge >= 0.3 is 0 Å². The molecule has 98 valence electrons. The Hall–Kier alpha value is -2.33. The summed E-state index contributed by atoms with van der Waals surface area (Å²) in [4.78, 5) is 12.3. The number of hydrazine groups is 1. The standard InChI is InChI=1S/C15H17N3O/c1-10-4-3-5-12(8-10)17-15(19)13-9-11(2)6-7-14(13)18-16/h3-9,18H,16H2,1-2H3,(H,17,19). The zero-order chi connectivity index (χ0) is 13.8. The lowest BCUT2D eigenvalue weighted by atomic mass is 10.1. The molecule has 1 amide bonds. The minimum atomic E-state index is -0.178. The number of hydrogen-bond donors (Lipinski definition) is 3. The van der Waals surface area contributed by atoms with Crippen LogP contribution in [0.15, 0.2) is 42.5 Å². The van der Waals surface area contributed by atoms with Gasteiger partial charge in [0.25, 0.3) is 5.91 Å². The van der Waals surface area contributed by atoms with E-state index in [-0.39, 0.29) is 5.91 Å². The van der Waals surface area contributed by atoms with E-state index in [1.807, 2.05) is 44.2 Å². The number of anilines is 2. The maximum Gasteiger partial charge on any atom is 0.257 e. The number of benzene rings is 2. The van der Waals surface area contributed by atoms with Crippen molar-refractivity contribution < 1.29 is 4.79 Å². The van der Waals surface area contributed by atoms with E-state index in [9.17, 15) is 4.79 Å². The molecule has 19 heavy (non-hydrogen) atoms. The fourth-order valence-corrected chi connectivity index (χ4v) is 1.89. The number of nitrogens with two attached hydrogens (primary N) is 1. The molecule has 0 saturated heterocycles. The van der Waals surface area contributed by atoms with Crippen LogP contribution in [0.2, 0.25) is 0 Å². The smallest absolute Gasteiger partial charge is 0.257 e. The predicted molar refractivity (Wildman–Crippen MR) is 78.1 cm³/mol. The van der Waals surface area contributed by atoms with Crippen LogP contribution in [0.4, 0.5) is 11.4 Å². The maximum absolute atomic E-state index is 12.3. The van der Waals surface area contributed by atoms with E-state index < -0.39 is 0 Å². The number of aryl methyl sites for hydroxylation is 2. The Morgan fingerprint density at radius 3 is 2.47 bits per heavy atom. The molecular formula is C15H17N3O. The van der Waals surface area contributed by atoms with Gasteiger partial charge in [0.1, 0.15) is 0 Å². The Balaban J connectivity index is 2.27. The van der Waals surface area contributed by atoms with E-state index >= 15 is 0 Å². The molecule has 0 radical (unpaired) electrons. The first kappa shape index (κ1) is 13.1. The Bertz CT molecular complexity index is 608. The second-order valence-corrected chi connectivity index (χ2v) is 4.52. The average Bonchev–Trinajstić information content (AvgIpc) is 2.38. The van der Waals surface area contributed by atoms with Gasteiger partial charge in [-0.3, -0.25) is 10.6 Å². The molecule has 2 aromatic rings. The Morgan fingerprint density at radius 1 is 1.05 bits per heavy atom. The zero-order valence-electron chi connectivity index (χ0n) is 11.0. The van der Waals surface area contributed by atoms with Crippen molar-refractivity contribution in [1.29, 1.82) is 0 Å². The molecule has 0 heterocycles. The molecule has 0 fully saturated rings. The highest BCUT2D eigenvalue weighted by atomic mass is 16.1. The summed E-state index contributed by atoms with van der Waals surface area (Å²) in [5, 5.41) is 2.87. The lowest BCUT2D eigenvalue weighted by Gasteiger charge is -2.11. The van der Waals surface area contributed by atoms with Gasteiger partial charge < -0.3 is 10.7 Å². The van der Waals surface area contributed by atoms with Crippen molar-refractivity contribution in [2.75, 3.05) is 10.7 Å². The molecule has 2 rings (SSSR count). The molecule has 4 N–H and O–H groups in total. The molecule has 4 nitrogen and oxygen atoms in total. The summed E-state index contributed by atoms with van der Waals surface area (Å²) in [7, 11) is 0. The van der Waals surface area contributed by atoms with Crippen molar-refractivity contribution in [3.8, 4) is 0 Å². The van der Waals surface area contributed by atoms with E-state index in [0.29, 0.717) is 11.3 Å². The van der Waals surface area contributed by atoms with Crippen molar-refractivity contribution in [3.05, 3.63) is 59.2 Å². The zero-order valence-corrected chi connectivity index (χ0v) is 11.0. The summed E-state index contributed by atoms with van der Waals surface area (Å²) < 4.78 is 0. The van der Waals surface area contributed by atoms with Crippen LogP contribution in [0, 0.1) is 13.8 Å². The highest BCUT2D eigenvalue weighted by Crippen LogP contribution is 2.18. The summed E-state index contributed by atoms with van der Waals surface area (Å²) in [6.45, 7) is 3.92. The van der Waals surface area contributed by atoms with E-state index in [1.54, 1.807) is 12.1 Å². The highest BCUT2D eigenvalue weighted by Gasteiger charge is 2.11. The topological polar surface area (TPSA) is 67.2 Å². The van der Waals surface area contributed by atoms with Gasteiger partial charge in [0.05, 0.1) is 11.3 Å². The van der Waals surface area contributed by atoms with Gasteiger partial charge in [-0.25, -0.2) is 0 Å². The number of amides is 1. The summed E-state index contributed by atoms with van der Waals surface area (Å²) in [5.74, 6) is 5.25. The third-order valence-electron chi connectivity index (χ3n) is 2.85. The molecule has 0 aromatic heterocycles. The highest BCUT2D eigenvalue weighted by molar-refractivity contribution is 6.08. The van der Waals surface area contributed by atoms with Crippen LogP contribution in [0.1, 0.15) is 21.5 Å². The first-order valence-electron chi connectivity index (χ1n) is 6.05. The van der Waals surface area contributed by atoms with Gasteiger partial charge in [-0.15, -0.1) is 0 Å². The molecule has 0 saturated carbocycles. The predicted octanol–water partition coefficient (Wildman–Crippen LogP) is 2.84. The maximum atomic E-state index is 12.3. The molecule has 0 aliphatic carbocycles. The van der Waals surface area contributed by atoms with E-state index in [2.05, 4.69) is 10.7 Å². The molecule has 0 spiro atoms. The summed E-state index contributed by atoms with van der Waals surface area (Å²) in [5.41, 5.74) is 6.56. The second kappa shape index (κ2) is 5.54. The molecule has 0 unspecified atom stereocenters. The van der Waals surface area contributed by atoms with Gasteiger partial charge in [-0.1, -0.05) is 23.8 Å². The van der Waals surface area contributed by atoms with Crippen LogP contribution in [-0.4, -0.2) is 5.91 Å². The molecule has 0 atom stereocenters. The normalized spacial score (nSPS) is 10.1. The number of nitrogens with one attached hydrogen (secondary N) is 2. The number of carbonyl (C=O) groups is 1. The van der Waals surface area contributed by atoms with Crippen molar-refractivity contribution in [3.63, 3.8) is 0 Å². The molecule has 2 aromatic carbocycles. The average molecular weight is 255 g/mol. The fourth-order valence-electron chi connectivity index (χ4n) is 1.89.